The number of rotatable bonds is 12. The van der Waals surface area contributed by atoms with Crippen LogP contribution < -0.4 is 25.3 Å². The number of anilines is 5. The predicted molar refractivity (Wildman–Crippen MR) is 169 cm³/mol. The van der Waals surface area contributed by atoms with Gasteiger partial charge in [-0.2, -0.15) is 0 Å². The lowest BCUT2D eigenvalue weighted by atomic mass is 10.0. The molecule has 2 aliphatic rings. The molecule has 0 aliphatic carbocycles. The summed E-state index contributed by atoms with van der Waals surface area (Å²) in [5.41, 5.74) is 2.30. The number of amides is 1. The van der Waals surface area contributed by atoms with E-state index < -0.39 is 17.7 Å². The Hall–Kier alpha value is -4.33. The van der Waals surface area contributed by atoms with Crippen LogP contribution in [0.2, 0.25) is 0 Å². The van der Waals surface area contributed by atoms with Crippen molar-refractivity contribution < 1.29 is 27.9 Å². The number of likely N-dealkylation sites (N-methyl/N-ethyl adjacent to an activating group) is 1. The molecule has 2 N–H and O–H groups in total. The van der Waals surface area contributed by atoms with Gasteiger partial charge in [0.1, 0.15) is 29.5 Å². The van der Waals surface area contributed by atoms with Gasteiger partial charge < -0.3 is 29.9 Å². The molecule has 0 saturated carbocycles. The molecule has 1 aromatic heterocycles. The monoisotopic (exact) mass is 623 g/mol. The molecule has 5 rings (SSSR count). The van der Waals surface area contributed by atoms with Crippen LogP contribution in [0.25, 0.3) is 0 Å². The van der Waals surface area contributed by atoms with E-state index in [1.807, 2.05) is 6.07 Å². The minimum Gasteiger partial charge on any atom is -0.494 e. The van der Waals surface area contributed by atoms with Crippen LogP contribution in [0.3, 0.4) is 0 Å². The molecule has 240 valence electrons. The number of nitrogens with one attached hydrogen (secondary N) is 2. The van der Waals surface area contributed by atoms with Gasteiger partial charge in [-0.3, -0.25) is 9.63 Å². The lowest BCUT2D eigenvalue weighted by Crippen LogP contribution is -2.44. The van der Waals surface area contributed by atoms with Crippen LogP contribution in [-0.4, -0.2) is 80.9 Å². The number of carbonyl (C=O) groups excluding carboxylic acids is 1. The number of methoxy groups -OCH3 is 2. The van der Waals surface area contributed by atoms with Gasteiger partial charge in [0.2, 0.25) is 5.91 Å². The van der Waals surface area contributed by atoms with E-state index in [0.29, 0.717) is 60.0 Å². The lowest BCUT2D eigenvalue weighted by Gasteiger charge is -2.38. The molecule has 2 fully saturated rings. The van der Waals surface area contributed by atoms with Gasteiger partial charge in [-0.05, 0) is 38.1 Å². The number of hydroxylamine groups is 1. The minimum absolute atomic E-state index is 0.313. The molecule has 0 bridgehead atoms. The van der Waals surface area contributed by atoms with Crippen LogP contribution in [0.4, 0.5) is 37.5 Å². The van der Waals surface area contributed by atoms with Crippen LogP contribution in [0.15, 0.2) is 55.4 Å². The zero-order chi connectivity index (χ0) is 31.9. The second kappa shape index (κ2) is 14.6. The van der Waals surface area contributed by atoms with Crippen LogP contribution in [0.5, 0.6) is 5.75 Å². The van der Waals surface area contributed by atoms with Gasteiger partial charge in [0, 0.05) is 63.0 Å². The fraction of sp³-hybridized carbons (Fsp3) is 0.406. The van der Waals surface area contributed by atoms with E-state index in [4.69, 9.17) is 14.3 Å². The quantitative estimate of drug-likeness (QED) is 0.266. The zero-order valence-electron chi connectivity index (χ0n) is 25.8. The fourth-order valence-electron chi connectivity index (χ4n) is 5.77. The van der Waals surface area contributed by atoms with Gasteiger partial charge in [-0.25, -0.2) is 23.8 Å². The molecule has 1 atom stereocenters. The average molecular weight is 624 g/mol. The van der Waals surface area contributed by atoms with Gasteiger partial charge in [0.15, 0.2) is 5.82 Å². The Balaban J connectivity index is 1.39. The Morgan fingerprint density at radius 2 is 1.93 bits per heavy atom. The van der Waals surface area contributed by atoms with Crippen LogP contribution in [0.1, 0.15) is 30.9 Å². The third kappa shape index (κ3) is 7.49. The summed E-state index contributed by atoms with van der Waals surface area (Å²) in [5, 5.41) is 7.72. The van der Waals surface area contributed by atoms with Crippen molar-refractivity contribution in [2.45, 2.75) is 31.3 Å². The van der Waals surface area contributed by atoms with Gasteiger partial charge in [-0.1, -0.05) is 12.6 Å². The maximum Gasteiger partial charge on any atom is 0.247 e. The smallest absolute Gasteiger partial charge is 0.247 e. The number of halogens is 2. The molecule has 2 saturated heterocycles. The number of aromatic nitrogens is 2. The van der Waals surface area contributed by atoms with E-state index in [2.05, 4.69) is 44.0 Å². The summed E-state index contributed by atoms with van der Waals surface area (Å²) >= 11 is 0. The van der Waals surface area contributed by atoms with Crippen LogP contribution >= 0.6 is 0 Å². The highest BCUT2D eigenvalue weighted by Gasteiger charge is 2.31. The van der Waals surface area contributed by atoms with Crippen LogP contribution in [-0.2, 0) is 14.4 Å². The molecule has 11 nitrogen and oxygen atoms in total. The first-order valence-electron chi connectivity index (χ1n) is 14.9. The topological polar surface area (TPSA) is 104 Å². The van der Waals surface area contributed by atoms with Crippen LogP contribution in [0, 0.1) is 11.6 Å². The molecule has 13 heteroatoms. The van der Waals surface area contributed by atoms with Gasteiger partial charge in [-0.15, -0.1) is 0 Å². The number of carbonyl (C=O) groups is 1. The van der Waals surface area contributed by atoms with Crippen molar-refractivity contribution in [2.24, 2.45) is 0 Å². The van der Waals surface area contributed by atoms with E-state index in [-0.39, 0.29) is 5.91 Å². The highest BCUT2D eigenvalue weighted by atomic mass is 19.1. The summed E-state index contributed by atoms with van der Waals surface area (Å²) < 4.78 is 39.2. The standard InChI is InChI=1S/C32H39F2N7O4/c1-5-32(42)38-25-17-26(29(44-4)18-28(25)40-11-8-22(9-12-40)39(2)13-15-43-3)37-30-19-31(36-20-35-30)41-27(10-14-45-41)23-7-6-21(33)16-24(23)34/h5-7,16-20,22,27H,1,8-15H2,2-4H3,(H,38,42)(H,35,36,37). The third-order valence-electron chi connectivity index (χ3n) is 8.21. The minimum atomic E-state index is -0.649. The summed E-state index contributed by atoms with van der Waals surface area (Å²) in [6.45, 7) is 7.11. The largest absolute Gasteiger partial charge is 0.494 e. The summed E-state index contributed by atoms with van der Waals surface area (Å²) in [6, 6.07) is 8.82. The second-order valence-electron chi connectivity index (χ2n) is 11.0. The van der Waals surface area contributed by atoms with Crippen molar-refractivity contribution in [3.63, 3.8) is 0 Å². The summed E-state index contributed by atoms with van der Waals surface area (Å²) in [5.74, 6) is -0.271. The van der Waals surface area contributed by atoms with E-state index in [1.54, 1.807) is 26.4 Å². The molecule has 3 heterocycles. The normalized spacial score (nSPS) is 17.1. The summed E-state index contributed by atoms with van der Waals surface area (Å²) in [6.07, 6.45) is 5.01. The SMILES string of the molecule is C=CC(=O)Nc1cc(Nc2cc(N3OCCC3c3ccc(F)cc3F)ncn2)c(OC)cc1N1CCC(N(C)CCOC)CC1. The molecule has 0 radical (unpaired) electrons. The highest BCUT2D eigenvalue weighted by Crippen LogP contribution is 2.40. The number of benzene rings is 2. The van der Waals surface area contributed by atoms with Crippen molar-refractivity contribution >= 4 is 34.6 Å². The Kier molecular flexibility index (Phi) is 10.4. The van der Waals surface area contributed by atoms with Crippen molar-refractivity contribution in [1.29, 1.82) is 0 Å². The first kappa shape index (κ1) is 32.1. The third-order valence-corrected chi connectivity index (χ3v) is 8.21. The first-order chi connectivity index (χ1) is 21.8. The molecule has 45 heavy (non-hydrogen) atoms. The zero-order valence-corrected chi connectivity index (χ0v) is 25.8. The van der Waals surface area contributed by atoms with Gasteiger partial charge in [0.25, 0.3) is 0 Å². The average Bonchev–Trinajstić information content (AvgIpc) is 3.54. The van der Waals surface area contributed by atoms with Gasteiger partial charge >= 0.3 is 0 Å². The van der Waals surface area contributed by atoms with Gasteiger partial charge in [0.05, 0.1) is 43.4 Å². The molecule has 1 unspecified atom stereocenters. The number of hydrogen-bond acceptors (Lipinski definition) is 10. The molecule has 3 aromatic rings. The molecule has 0 spiro atoms. The lowest BCUT2D eigenvalue weighted by molar-refractivity contribution is -0.111. The van der Waals surface area contributed by atoms with Crippen molar-refractivity contribution in [3.05, 3.63) is 72.6 Å². The maximum absolute atomic E-state index is 14.6. The highest BCUT2D eigenvalue weighted by molar-refractivity contribution is 6.02. The first-order valence-corrected chi connectivity index (χ1v) is 14.9. The number of nitrogens with zero attached hydrogens (tertiary/aromatic N) is 5. The maximum atomic E-state index is 14.6. The summed E-state index contributed by atoms with van der Waals surface area (Å²) in [4.78, 5) is 31.5. The molecule has 1 amide bonds. The second-order valence-corrected chi connectivity index (χ2v) is 11.0. The molecule has 2 aromatic carbocycles. The Morgan fingerprint density at radius 3 is 2.64 bits per heavy atom. The Morgan fingerprint density at radius 1 is 1.13 bits per heavy atom. The van der Waals surface area contributed by atoms with Crippen molar-refractivity contribution in [2.75, 3.05) is 74.7 Å². The molecule has 2 aliphatic heterocycles. The Bertz CT molecular complexity index is 1500. The summed E-state index contributed by atoms with van der Waals surface area (Å²) in [7, 11) is 5.41. The molecular weight excluding hydrogens is 584 g/mol. The Labute approximate surface area is 261 Å². The van der Waals surface area contributed by atoms with E-state index in [1.165, 1.54) is 29.6 Å². The fourth-order valence-corrected chi connectivity index (χ4v) is 5.77. The van der Waals surface area contributed by atoms with Crippen molar-refractivity contribution in [1.82, 2.24) is 14.9 Å². The molecular formula is C32H39F2N7O4. The number of hydrogen-bond donors (Lipinski definition) is 2. The van der Waals surface area contributed by atoms with E-state index in [0.717, 1.165) is 44.2 Å². The van der Waals surface area contributed by atoms with Crippen molar-refractivity contribution in [3.8, 4) is 5.75 Å². The number of ether oxygens (including phenoxy) is 2. The predicted octanol–water partition coefficient (Wildman–Crippen LogP) is 5.06. The number of piperidine rings is 1. The van der Waals surface area contributed by atoms with E-state index >= 15 is 0 Å². The van der Waals surface area contributed by atoms with E-state index in [9.17, 15) is 13.6 Å².